The Morgan fingerprint density at radius 1 is 1.10 bits per heavy atom. The van der Waals surface area contributed by atoms with Gasteiger partial charge in [-0.3, -0.25) is 0 Å². The van der Waals surface area contributed by atoms with Crippen LogP contribution in [0.5, 0.6) is 0 Å². The van der Waals surface area contributed by atoms with Crippen LogP contribution in [0.15, 0.2) is 30.3 Å². The maximum absolute atomic E-state index is 4.68. The summed E-state index contributed by atoms with van der Waals surface area (Å²) < 4.78 is 1.23. The van der Waals surface area contributed by atoms with Crippen molar-refractivity contribution >= 4 is 27.4 Å². The van der Waals surface area contributed by atoms with Crippen LogP contribution in [0.4, 0.5) is 5.82 Å². The molecule has 0 saturated carbocycles. The van der Waals surface area contributed by atoms with E-state index in [-0.39, 0.29) is 0 Å². The average molecular weight is 298 g/mol. The van der Waals surface area contributed by atoms with Crippen molar-refractivity contribution in [2.75, 3.05) is 11.9 Å². The number of benzene rings is 1. The Kier molecular flexibility index (Phi) is 4.10. The fourth-order valence-corrected chi connectivity index (χ4v) is 3.21. The molecule has 21 heavy (non-hydrogen) atoms. The highest BCUT2D eigenvalue weighted by molar-refractivity contribution is 7.18. The summed E-state index contributed by atoms with van der Waals surface area (Å²) in [5.74, 6) is 1.78. The van der Waals surface area contributed by atoms with E-state index in [0.29, 0.717) is 0 Å². The van der Waals surface area contributed by atoms with Crippen LogP contribution in [-0.2, 0) is 12.8 Å². The monoisotopic (exact) mass is 298 g/mol. The van der Waals surface area contributed by atoms with E-state index >= 15 is 0 Å². The van der Waals surface area contributed by atoms with Crippen molar-refractivity contribution in [1.82, 2.24) is 15.0 Å². The van der Waals surface area contributed by atoms with E-state index in [2.05, 4.69) is 46.2 Å². The number of nitrogens with zero attached hydrogens (tertiary/aromatic N) is 3. The van der Waals surface area contributed by atoms with Crippen molar-refractivity contribution in [3.05, 3.63) is 46.9 Å². The fourth-order valence-electron chi connectivity index (χ4n) is 2.22. The Morgan fingerprint density at radius 3 is 2.71 bits per heavy atom. The molecule has 0 atom stereocenters. The molecular weight excluding hydrogens is 280 g/mol. The van der Waals surface area contributed by atoms with Gasteiger partial charge >= 0.3 is 0 Å². The summed E-state index contributed by atoms with van der Waals surface area (Å²) in [5.41, 5.74) is 2.09. The van der Waals surface area contributed by atoms with E-state index < -0.39 is 0 Å². The zero-order valence-electron chi connectivity index (χ0n) is 12.3. The molecular formula is C16H18N4S. The first-order valence-electron chi connectivity index (χ1n) is 7.23. The molecule has 2 heterocycles. The van der Waals surface area contributed by atoms with E-state index in [1.807, 2.05) is 18.2 Å². The Hall–Kier alpha value is -2.01. The van der Waals surface area contributed by atoms with E-state index in [0.717, 1.165) is 47.2 Å². The molecule has 0 radical (unpaired) electrons. The molecule has 3 aromatic rings. The normalized spacial score (nSPS) is 11.0. The second-order valence-corrected chi connectivity index (χ2v) is 5.91. The van der Waals surface area contributed by atoms with Gasteiger partial charge in [-0.25, -0.2) is 15.0 Å². The van der Waals surface area contributed by atoms with Crippen LogP contribution < -0.4 is 5.32 Å². The molecule has 1 aromatic carbocycles. The van der Waals surface area contributed by atoms with Gasteiger partial charge in [0, 0.05) is 25.5 Å². The zero-order chi connectivity index (χ0) is 14.7. The number of anilines is 1. The summed E-state index contributed by atoms with van der Waals surface area (Å²) in [6.45, 7) is 5.01. The van der Waals surface area contributed by atoms with Gasteiger partial charge in [-0.15, -0.1) is 11.3 Å². The number of aryl methyl sites for hydroxylation is 1. The number of hydrogen-bond acceptors (Lipinski definition) is 5. The molecule has 1 N–H and O–H groups in total. The first-order valence-corrected chi connectivity index (χ1v) is 8.05. The van der Waals surface area contributed by atoms with Crippen LogP contribution in [0.25, 0.3) is 10.2 Å². The third-order valence-corrected chi connectivity index (χ3v) is 4.21. The standard InChI is InChI=1S/C16H18N4S/c1-3-14-18-11(9-15(20-14)17-4-2)10-16-19-12-7-5-6-8-13(12)21-16/h5-9H,3-4,10H2,1-2H3,(H,17,18,20). The van der Waals surface area contributed by atoms with Crippen molar-refractivity contribution < 1.29 is 0 Å². The molecule has 0 spiro atoms. The quantitative estimate of drug-likeness (QED) is 0.781. The molecule has 0 aliphatic heterocycles. The van der Waals surface area contributed by atoms with E-state index in [9.17, 15) is 0 Å². The van der Waals surface area contributed by atoms with Gasteiger partial charge < -0.3 is 5.32 Å². The maximum atomic E-state index is 4.68. The SMILES string of the molecule is CCNc1cc(Cc2nc3ccccc3s2)nc(CC)n1. The van der Waals surface area contributed by atoms with Gasteiger partial charge in [0.1, 0.15) is 11.6 Å². The summed E-state index contributed by atoms with van der Waals surface area (Å²) in [5, 5.41) is 4.36. The molecule has 0 unspecified atom stereocenters. The number of nitrogens with one attached hydrogen (secondary N) is 1. The van der Waals surface area contributed by atoms with Gasteiger partial charge in [0.25, 0.3) is 0 Å². The van der Waals surface area contributed by atoms with Crippen molar-refractivity contribution in [2.24, 2.45) is 0 Å². The molecule has 2 aromatic heterocycles. The van der Waals surface area contributed by atoms with Crippen molar-refractivity contribution in [3.8, 4) is 0 Å². The minimum atomic E-state index is 0.757. The molecule has 0 fully saturated rings. The lowest BCUT2D eigenvalue weighted by Gasteiger charge is -2.07. The summed E-state index contributed by atoms with van der Waals surface area (Å²) >= 11 is 1.73. The highest BCUT2D eigenvalue weighted by atomic mass is 32.1. The average Bonchev–Trinajstić information content (AvgIpc) is 2.89. The molecule has 0 bridgehead atoms. The Morgan fingerprint density at radius 2 is 1.95 bits per heavy atom. The van der Waals surface area contributed by atoms with Crippen molar-refractivity contribution in [3.63, 3.8) is 0 Å². The summed E-state index contributed by atoms with van der Waals surface area (Å²) in [6, 6.07) is 10.3. The highest BCUT2D eigenvalue weighted by Gasteiger charge is 2.08. The Balaban J connectivity index is 1.90. The van der Waals surface area contributed by atoms with Crippen LogP contribution >= 0.6 is 11.3 Å². The van der Waals surface area contributed by atoms with Gasteiger partial charge in [-0.1, -0.05) is 19.1 Å². The van der Waals surface area contributed by atoms with Crippen LogP contribution in [0.1, 0.15) is 30.4 Å². The van der Waals surface area contributed by atoms with Crippen LogP contribution in [0, 0.1) is 0 Å². The van der Waals surface area contributed by atoms with Crippen molar-refractivity contribution in [2.45, 2.75) is 26.7 Å². The minimum Gasteiger partial charge on any atom is -0.370 e. The molecule has 108 valence electrons. The van der Waals surface area contributed by atoms with Gasteiger partial charge in [0.2, 0.25) is 0 Å². The second kappa shape index (κ2) is 6.18. The smallest absolute Gasteiger partial charge is 0.130 e. The number of aromatic nitrogens is 3. The first kappa shape index (κ1) is 13.9. The third-order valence-electron chi connectivity index (χ3n) is 3.17. The molecule has 0 aliphatic carbocycles. The van der Waals surface area contributed by atoms with Crippen molar-refractivity contribution in [1.29, 1.82) is 0 Å². The van der Waals surface area contributed by atoms with E-state index in [1.54, 1.807) is 11.3 Å². The minimum absolute atomic E-state index is 0.757. The third kappa shape index (κ3) is 3.19. The Bertz CT molecular complexity index is 718. The highest BCUT2D eigenvalue weighted by Crippen LogP contribution is 2.23. The second-order valence-electron chi connectivity index (χ2n) is 4.80. The van der Waals surface area contributed by atoms with E-state index in [1.165, 1.54) is 4.70 Å². The van der Waals surface area contributed by atoms with Gasteiger partial charge in [-0.2, -0.15) is 0 Å². The summed E-state index contributed by atoms with van der Waals surface area (Å²) in [4.78, 5) is 13.8. The first-order chi connectivity index (χ1) is 10.3. The lowest BCUT2D eigenvalue weighted by Crippen LogP contribution is -2.06. The number of rotatable bonds is 5. The van der Waals surface area contributed by atoms with Crippen LogP contribution in [-0.4, -0.2) is 21.5 Å². The molecule has 0 amide bonds. The Labute approximate surface area is 128 Å². The zero-order valence-corrected chi connectivity index (χ0v) is 13.1. The largest absolute Gasteiger partial charge is 0.370 e. The number of thiazole rings is 1. The predicted molar refractivity (Wildman–Crippen MR) is 88.0 cm³/mol. The molecule has 4 nitrogen and oxygen atoms in total. The van der Waals surface area contributed by atoms with E-state index in [4.69, 9.17) is 0 Å². The lowest BCUT2D eigenvalue weighted by atomic mass is 10.3. The maximum Gasteiger partial charge on any atom is 0.130 e. The van der Waals surface area contributed by atoms with Gasteiger partial charge in [-0.05, 0) is 19.1 Å². The molecule has 5 heteroatoms. The summed E-state index contributed by atoms with van der Waals surface area (Å²) in [6.07, 6.45) is 1.60. The number of hydrogen-bond donors (Lipinski definition) is 1. The predicted octanol–water partition coefficient (Wildman–Crippen LogP) is 3.67. The topological polar surface area (TPSA) is 50.7 Å². The number of para-hydroxylation sites is 1. The fraction of sp³-hybridized carbons (Fsp3) is 0.312. The van der Waals surface area contributed by atoms with Gasteiger partial charge in [0.15, 0.2) is 0 Å². The van der Waals surface area contributed by atoms with Crippen LogP contribution in [0.3, 0.4) is 0 Å². The number of fused-ring (bicyclic) bond motifs is 1. The van der Waals surface area contributed by atoms with Gasteiger partial charge in [0.05, 0.1) is 20.9 Å². The molecule has 0 aliphatic rings. The lowest BCUT2D eigenvalue weighted by molar-refractivity contribution is 0.894. The summed E-state index contributed by atoms with van der Waals surface area (Å²) in [7, 11) is 0. The molecule has 0 saturated heterocycles. The van der Waals surface area contributed by atoms with Crippen LogP contribution in [0.2, 0.25) is 0 Å². The molecule has 3 rings (SSSR count).